The van der Waals surface area contributed by atoms with Crippen molar-refractivity contribution >= 4 is 20.0 Å². The number of hydrogen-bond donors (Lipinski definition) is 2. The molecule has 0 bridgehead atoms. The van der Waals surface area contributed by atoms with E-state index in [2.05, 4.69) is 4.72 Å². The van der Waals surface area contributed by atoms with Crippen molar-refractivity contribution in [2.45, 2.75) is 43.0 Å². The topological polar surface area (TPSA) is 106 Å². The van der Waals surface area contributed by atoms with Gasteiger partial charge in [0.15, 0.2) is 0 Å². The van der Waals surface area contributed by atoms with Gasteiger partial charge < -0.3 is 0 Å². The van der Waals surface area contributed by atoms with Crippen molar-refractivity contribution in [1.29, 1.82) is 0 Å². The van der Waals surface area contributed by atoms with Crippen molar-refractivity contribution in [3.63, 3.8) is 0 Å². The number of primary sulfonamides is 1. The first-order valence-corrected chi connectivity index (χ1v) is 9.31. The van der Waals surface area contributed by atoms with Crippen LogP contribution in [0.4, 0.5) is 4.39 Å². The predicted molar refractivity (Wildman–Crippen MR) is 77.0 cm³/mol. The van der Waals surface area contributed by atoms with Crippen LogP contribution >= 0.6 is 0 Å². The number of benzene rings is 1. The third-order valence-corrected chi connectivity index (χ3v) is 5.24. The van der Waals surface area contributed by atoms with Crippen LogP contribution in [-0.2, 0) is 20.0 Å². The van der Waals surface area contributed by atoms with E-state index in [4.69, 9.17) is 5.14 Å². The summed E-state index contributed by atoms with van der Waals surface area (Å²) in [5.41, 5.74) is 0. The molecule has 1 aromatic carbocycles. The first kappa shape index (κ1) is 18.0. The maximum Gasteiger partial charge on any atom is 0.243 e. The van der Waals surface area contributed by atoms with Gasteiger partial charge in [-0.1, -0.05) is 13.8 Å². The van der Waals surface area contributed by atoms with Crippen LogP contribution in [0, 0.1) is 11.7 Å². The molecule has 0 aliphatic heterocycles. The van der Waals surface area contributed by atoms with E-state index in [-0.39, 0.29) is 12.0 Å². The van der Waals surface area contributed by atoms with Gasteiger partial charge in [-0.05, 0) is 37.5 Å². The zero-order valence-corrected chi connectivity index (χ0v) is 13.6. The summed E-state index contributed by atoms with van der Waals surface area (Å²) < 4.78 is 62.5. The number of halogens is 1. The number of nitrogens with two attached hydrogens (primary N) is 1. The largest absolute Gasteiger partial charge is 0.243 e. The van der Waals surface area contributed by atoms with Crippen LogP contribution < -0.4 is 9.86 Å². The second-order valence-corrected chi connectivity index (χ2v) is 8.53. The highest BCUT2D eigenvalue weighted by molar-refractivity contribution is 7.89. The summed E-state index contributed by atoms with van der Waals surface area (Å²) in [6.45, 7) is 5.55. The molecule has 0 radical (unpaired) electrons. The second-order valence-electron chi connectivity index (χ2n) is 5.29. The molecule has 3 N–H and O–H groups in total. The molecule has 9 heteroatoms. The lowest BCUT2D eigenvalue weighted by Gasteiger charge is -2.16. The van der Waals surface area contributed by atoms with Crippen LogP contribution in [-0.4, -0.2) is 22.9 Å². The number of sulfonamides is 2. The monoisotopic (exact) mass is 338 g/mol. The molecule has 1 rings (SSSR count). The molecule has 0 amide bonds. The van der Waals surface area contributed by atoms with E-state index in [1.807, 2.05) is 13.8 Å². The third-order valence-electron chi connectivity index (χ3n) is 2.70. The van der Waals surface area contributed by atoms with Crippen molar-refractivity contribution in [3.8, 4) is 0 Å². The quantitative estimate of drug-likeness (QED) is 0.812. The maximum atomic E-state index is 13.8. The number of nitrogens with one attached hydrogen (secondary N) is 1. The number of hydrogen-bond acceptors (Lipinski definition) is 4. The average Bonchev–Trinajstić information content (AvgIpc) is 2.24. The molecular weight excluding hydrogens is 319 g/mol. The molecule has 120 valence electrons. The molecule has 6 nitrogen and oxygen atoms in total. The van der Waals surface area contributed by atoms with Crippen molar-refractivity contribution in [2.24, 2.45) is 11.1 Å². The summed E-state index contributed by atoms with van der Waals surface area (Å²) in [7, 11) is -8.14. The Hall–Kier alpha value is -1.03. The van der Waals surface area contributed by atoms with Crippen molar-refractivity contribution in [3.05, 3.63) is 24.0 Å². The van der Waals surface area contributed by atoms with Gasteiger partial charge in [0.05, 0.1) is 4.90 Å². The summed E-state index contributed by atoms with van der Waals surface area (Å²) in [5, 5.41) is 4.86. The Morgan fingerprint density at radius 2 is 1.76 bits per heavy atom. The normalized spacial score (nSPS) is 14.4. The van der Waals surface area contributed by atoms with Crippen molar-refractivity contribution < 1.29 is 21.2 Å². The molecule has 1 atom stereocenters. The fourth-order valence-corrected chi connectivity index (χ4v) is 3.80. The lowest BCUT2D eigenvalue weighted by atomic mass is 10.1. The van der Waals surface area contributed by atoms with Crippen LogP contribution in [0.5, 0.6) is 0 Å². The molecule has 0 saturated heterocycles. The molecular formula is C12H19FN2O4S2. The van der Waals surface area contributed by atoms with E-state index >= 15 is 0 Å². The highest BCUT2D eigenvalue weighted by Gasteiger charge is 2.23. The lowest BCUT2D eigenvalue weighted by Crippen LogP contribution is -2.34. The maximum absolute atomic E-state index is 13.8. The standard InChI is InChI=1S/C12H19FN2O4S2/c1-8(2)6-9(3)15-21(18,19)12-5-4-10(7-11(12)13)20(14,16)17/h4-5,7-9,15H,6H2,1-3H3,(H2,14,16,17). The van der Waals surface area contributed by atoms with Gasteiger partial charge in [0.1, 0.15) is 10.7 Å². The highest BCUT2D eigenvalue weighted by atomic mass is 32.2. The minimum absolute atomic E-state index is 0.275. The fourth-order valence-electron chi connectivity index (χ4n) is 1.96. The van der Waals surface area contributed by atoms with E-state index in [0.29, 0.717) is 12.5 Å². The first-order valence-electron chi connectivity index (χ1n) is 6.28. The Labute approximate surface area is 124 Å². The molecule has 0 fully saturated rings. The predicted octanol–water partition coefficient (Wildman–Crippen LogP) is 1.19. The Kier molecular flexibility index (Phi) is 5.48. The summed E-state index contributed by atoms with van der Waals surface area (Å²) in [6.07, 6.45) is 0.593. The van der Waals surface area contributed by atoms with Gasteiger partial charge in [-0.3, -0.25) is 0 Å². The van der Waals surface area contributed by atoms with Crippen molar-refractivity contribution in [1.82, 2.24) is 4.72 Å². The van der Waals surface area contributed by atoms with Crippen LogP contribution in [0.15, 0.2) is 28.0 Å². The van der Waals surface area contributed by atoms with Crippen LogP contribution in [0.25, 0.3) is 0 Å². The molecule has 0 aliphatic rings. The van der Waals surface area contributed by atoms with E-state index in [1.54, 1.807) is 6.92 Å². The SMILES string of the molecule is CC(C)CC(C)NS(=O)(=O)c1ccc(S(N)(=O)=O)cc1F. The van der Waals surface area contributed by atoms with Crippen LogP contribution in [0.3, 0.4) is 0 Å². The molecule has 0 heterocycles. The number of rotatable bonds is 6. The summed E-state index contributed by atoms with van der Waals surface area (Å²) in [5.74, 6) is -0.886. The van der Waals surface area contributed by atoms with Crippen molar-refractivity contribution in [2.75, 3.05) is 0 Å². The molecule has 0 aromatic heterocycles. The second kappa shape index (κ2) is 6.39. The zero-order valence-electron chi connectivity index (χ0n) is 12.0. The van der Waals surface area contributed by atoms with Gasteiger partial charge in [-0.25, -0.2) is 31.1 Å². The molecule has 0 aliphatic carbocycles. The van der Waals surface area contributed by atoms with Crippen LogP contribution in [0.1, 0.15) is 27.2 Å². The van der Waals surface area contributed by atoms with E-state index in [1.165, 1.54) is 0 Å². The van der Waals surface area contributed by atoms with Gasteiger partial charge in [-0.15, -0.1) is 0 Å². The van der Waals surface area contributed by atoms with Gasteiger partial charge >= 0.3 is 0 Å². The van der Waals surface area contributed by atoms with Gasteiger partial charge in [0, 0.05) is 6.04 Å². The first-order chi connectivity index (χ1) is 9.43. The summed E-state index contributed by atoms with van der Waals surface area (Å²) in [4.78, 5) is -1.08. The smallest absolute Gasteiger partial charge is 0.225 e. The highest BCUT2D eigenvalue weighted by Crippen LogP contribution is 2.19. The minimum Gasteiger partial charge on any atom is -0.225 e. The lowest BCUT2D eigenvalue weighted by molar-refractivity contribution is 0.479. The van der Waals surface area contributed by atoms with E-state index in [9.17, 15) is 21.2 Å². The summed E-state index contributed by atoms with van der Waals surface area (Å²) in [6, 6.07) is 2.07. The molecule has 0 spiro atoms. The summed E-state index contributed by atoms with van der Waals surface area (Å²) >= 11 is 0. The Morgan fingerprint density at radius 3 is 2.19 bits per heavy atom. The molecule has 1 aromatic rings. The zero-order chi connectivity index (χ0) is 16.4. The van der Waals surface area contributed by atoms with E-state index < -0.39 is 35.7 Å². The van der Waals surface area contributed by atoms with Gasteiger partial charge in [0.25, 0.3) is 0 Å². The Bertz CT molecular complexity index is 715. The van der Waals surface area contributed by atoms with Crippen LogP contribution in [0.2, 0.25) is 0 Å². The minimum atomic E-state index is -4.08. The molecule has 0 saturated carbocycles. The third kappa shape index (κ3) is 5.03. The molecule has 1 unspecified atom stereocenters. The van der Waals surface area contributed by atoms with E-state index in [0.717, 1.165) is 12.1 Å². The Morgan fingerprint density at radius 1 is 1.19 bits per heavy atom. The van der Waals surface area contributed by atoms with Gasteiger partial charge in [-0.2, -0.15) is 0 Å². The fraction of sp³-hybridized carbons (Fsp3) is 0.500. The average molecular weight is 338 g/mol. The molecule has 21 heavy (non-hydrogen) atoms. The Balaban J connectivity index is 3.10. The van der Waals surface area contributed by atoms with Gasteiger partial charge in [0.2, 0.25) is 20.0 Å².